The van der Waals surface area contributed by atoms with Gasteiger partial charge in [-0.15, -0.1) is 0 Å². The zero-order valence-electron chi connectivity index (χ0n) is 11.4. The number of hydrogen-bond donors (Lipinski definition) is 4. The zero-order chi connectivity index (χ0) is 14.4. The molecule has 0 bridgehead atoms. The maximum atomic E-state index is 11.9. The summed E-state index contributed by atoms with van der Waals surface area (Å²) in [5.41, 5.74) is 4.52. The van der Waals surface area contributed by atoms with E-state index in [1.807, 2.05) is 13.8 Å². The predicted octanol–water partition coefficient (Wildman–Crippen LogP) is 0.372. The molecule has 0 aromatic rings. The second kappa shape index (κ2) is 6.91. The number of rotatable bonds is 8. The molecule has 0 saturated heterocycles. The van der Waals surface area contributed by atoms with Crippen molar-refractivity contribution in [1.29, 1.82) is 0 Å². The number of oxime groups is 1. The van der Waals surface area contributed by atoms with Crippen LogP contribution in [0.2, 0.25) is 0 Å². The Bertz CT molecular complexity index is 375. The maximum absolute atomic E-state index is 11.9. The predicted molar refractivity (Wildman–Crippen MR) is 71.6 cm³/mol. The quantitative estimate of drug-likeness (QED) is 0.222. The summed E-state index contributed by atoms with van der Waals surface area (Å²) in [5, 5.41) is 11.7. The van der Waals surface area contributed by atoms with Crippen molar-refractivity contribution >= 4 is 16.0 Å². The van der Waals surface area contributed by atoms with Gasteiger partial charge in [-0.2, -0.15) is 13.1 Å². The largest absolute Gasteiger partial charge is 0.409 e. The van der Waals surface area contributed by atoms with Crippen molar-refractivity contribution in [3.63, 3.8) is 0 Å². The smallest absolute Gasteiger partial charge is 0.277 e. The van der Waals surface area contributed by atoms with Crippen LogP contribution in [0.3, 0.4) is 0 Å². The lowest BCUT2D eigenvalue weighted by molar-refractivity contribution is 0.307. The maximum Gasteiger partial charge on any atom is 0.277 e. The van der Waals surface area contributed by atoms with Gasteiger partial charge >= 0.3 is 0 Å². The molecular formula is C10H24N4O3S. The first-order chi connectivity index (χ1) is 8.23. The summed E-state index contributed by atoms with van der Waals surface area (Å²) in [6.07, 6.45) is 0.782. The molecule has 0 amide bonds. The number of nitrogens with two attached hydrogens (primary N) is 1. The number of nitrogens with one attached hydrogen (secondary N) is 2. The highest BCUT2D eigenvalue weighted by Gasteiger charge is 2.35. The molecule has 0 fully saturated rings. The first-order valence-corrected chi connectivity index (χ1v) is 7.47. The molecule has 0 aliphatic carbocycles. The monoisotopic (exact) mass is 280 g/mol. The van der Waals surface area contributed by atoms with Gasteiger partial charge in [0, 0.05) is 6.54 Å². The van der Waals surface area contributed by atoms with Crippen LogP contribution in [0.5, 0.6) is 0 Å². The van der Waals surface area contributed by atoms with Crippen molar-refractivity contribution in [2.45, 2.75) is 46.1 Å². The van der Waals surface area contributed by atoms with Crippen molar-refractivity contribution in [1.82, 2.24) is 9.44 Å². The fraction of sp³-hybridized carbons (Fsp3) is 0.900. The lowest BCUT2D eigenvalue weighted by atomic mass is 9.93. The summed E-state index contributed by atoms with van der Waals surface area (Å²) in [4.78, 5) is 0. The van der Waals surface area contributed by atoms with E-state index in [9.17, 15) is 8.42 Å². The minimum atomic E-state index is -3.69. The third-order valence-electron chi connectivity index (χ3n) is 2.82. The Balaban J connectivity index is 5.00. The van der Waals surface area contributed by atoms with E-state index in [-0.39, 0.29) is 11.8 Å². The SMILES string of the molecule is CCC(CC)(NS(=O)(=O)NCC(C)C)C(N)=NO. The number of amidine groups is 1. The van der Waals surface area contributed by atoms with Crippen LogP contribution in [0.25, 0.3) is 0 Å². The molecule has 0 aliphatic heterocycles. The molecule has 0 aliphatic rings. The van der Waals surface area contributed by atoms with Gasteiger partial charge in [-0.3, -0.25) is 0 Å². The Kier molecular flexibility index (Phi) is 6.58. The Morgan fingerprint density at radius 3 is 2.22 bits per heavy atom. The van der Waals surface area contributed by atoms with Crippen molar-refractivity contribution in [2.24, 2.45) is 16.8 Å². The molecule has 7 nitrogen and oxygen atoms in total. The Morgan fingerprint density at radius 2 is 1.89 bits per heavy atom. The molecule has 0 aromatic carbocycles. The Labute approximate surface area is 109 Å². The van der Waals surface area contributed by atoms with Crippen LogP contribution in [0, 0.1) is 5.92 Å². The number of hydrogen-bond acceptors (Lipinski definition) is 4. The second-order valence-electron chi connectivity index (χ2n) is 4.62. The van der Waals surface area contributed by atoms with E-state index in [1.54, 1.807) is 13.8 Å². The van der Waals surface area contributed by atoms with Crippen molar-refractivity contribution in [2.75, 3.05) is 6.54 Å². The standard InChI is InChI=1S/C10H24N4O3S/c1-5-10(6-2,9(11)13-15)14-18(16,17)12-7-8(3)4/h8,12,14-15H,5-7H2,1-4H3,(H2,11,13). The van der Waals surface area contributed by atoms with Crippen LogP contribution >= 0.6 is 0 Å². The minimum absolute atomic E-state index is 0.137. The van der Waals surface area contributed by atoms with Crippen LogP contribution < -0.4 is 15.2 Å². The molecule has 108 valence electrons. The first-order valence-electron chi connectivity index (χ1n) is 5.99. The molecule has 0 atom stereocenters. The van der Waals surface area contributed by atoms with Gasteiger partial charge in [-0.05, 0) is 18.8 Å². The summed E-state index contributed by atoms with van der Waals surface area (Å²) in [6, 6.07) is 0. The fourth-order valence-electron chi connectivity index (χ4n) is 1.47. The first kappa shape index (κ1) is 17.1. The van der Waals surface area contributed by atoms with Crippen LogP contribution in [0.1, 0.15) is 40.5 Å². The van der Waals surface area contributed by atoms with Crippen LogP contribution in [0.15, 0.2) is 5.16 Å². The molecule has 0 aromatic heterocycles. The molecular weight excluding hydrogens is 256 g/mol. The van der Waals surface area contributed by atoms with E-state index in [2.05, 4.69) is 14.6 Å². The fourth-order valence-corrected chi connectivity index (χ4v) is 3.01. The Hall–Kier alpha value is -0.860. The Morgan fingerprint density at radius 1 is 1.39 bits per heavy atom. The van der Waals surface area contributed by atoms with Gasteiger partial charge in [-0.1, -0.05) is 32.9 Å². The van der Waals surface area contributed by atoms with Gasteiger partial charge in [-0.25, -0.2) is 4.72 Å². The van der Waals surface area contributed by atoms with E-state index in [4.69, 9.17) is 10.9 Å². The van der Waals surface area contributed by atoms with Crippen LogP contribution in [0.4, 0.5) is 0 Å². The summed E-state index contributed by atoms with van der Waals surface area (Å²) in [7, 11) is -3.69. The minimum Gasteiger partial charge on any atom is -0.409 e. The molecule has 0 heterocycles. The topological polar surface area (TPSA) is 117 Å². The van der Waals surface area contributed by atoms with Gasteiger partial charge in [0.05, 0.1) is 5.54 Å². The van der Waals surface area contributed by atoms with Gasteiger partial charge in [0.25, 0.3) is 10.2 Å². The zero-order valence-corrected chi connectivity index (χ0v) is 12.2. The van der Waals surface area contributed by atoms with E-state index in [0.29, 0.717) is 19.4 Å². The normalized spacial score (nSPS) is 14.2. The highest BCUT2D eigenvalue weighted by Crippen LogP contribution is 2.16. The van der Waals surface area contributed by atoms with Gasteiger partial charge in [0.2, 0.25) is 0 Å². The van der Waals surface area contributed by atoms with Gasteiger partial charge in [0.15, 0.2) is 5.84 Å². The highest BCUT2D eigenvalue weighted by atomic mass is 32.2. The molecule has 0 spiro atoms. The molecule has 8 heteroatoms. The average Bonchev–Trinajstić information content (AvgIpc) is 2.33. The van der Waals surface area contributed by atoms with Crippen molar-refractivity contribution in [3.8, 4) is 0 Å². The second-order valence-corrected chi connectivity index (χ2v) is 6.12. The molecule has 0 rings (SSSR count). The highest BCUT2D eigenvalue weighted by molar-refractivity contribution is 7.87. The van der Waals surface area contributed by atoms with Crippen LogP contribution in [-0.2, 0) is 10.2 Å². The van der Waals surface area contributed by atoms with Gasteiger partial charge in [0.1, 0.15) is 0 Å². The third kappa shape index (κ3) is 4.79. The number of nitrogens with zero attached hydrogens (tertiary/aromatic N) is 1. The van der Waals surface area contributed by atoms with Crippen molar-refractivity contribution in [3.05, 3.63) is 0 Å². The molecule has 5 N–H and O–H groups in total. The lowest BCUT2D eigenvalue weighted by Crippen LogP contribution is -2.59. The third-order valence-corrected chi connectivity index (χ3v) is 4.02. The molecule has 0 saturated carbocycles. The summed E-state index contributed by atoms with van der Waals surface area (Å²) >= 11 is 0. The van der Waals surface area contributed by atoms with E-state index < -0.39 is 15.7 Å². The summed E-state index contributed by atoms with van der Waals surface area (Å²) < 4.78 is 28.6. The van der Waals surface area contributed by atoms with Crippen LogP contribution in [-0.4, -0.2) is 31.5 Å². The molecule has 0 unspecified atom stereocenters. The molecule has 0 radical (unpaired) electrons. The van der Waals surface area contributed by atoms with E-state index in [0.717, 1.165) is 0 Å². The van der Waals surface area contributed by atoms with Gasteiger partial charge < -0.3 is 10.9 Å². The van der Waals surface area contributed by atoms with Crippen molar-refractivity contribution < 1.29 is 13.6 Å². The average molecular weight is 280 g/mol. The van der Waals surface area contributed by atoms with E-state index in [1.165, 1.54) is 0 Å². The molecule has 18 heavy (non-hydrogen) atoms. The van der Waals surface area contributed by atoms with E-state index >= 15 is 0 Å². The summed E-state index contributed by atoms with van der Waals surface area (Å²) in [5.74, 6) is 0.0607. The summed E-state index contributed by atoms with van der Waals surface area (Å²) in [6.45, 7) is 7.67. The lowest BCUT2D eigenvalue weighted by Gasteiger charge is -2.31.